The Bertz CT molecular complexity index is 960. The Morgan fingerprint density at radius 1 is 0.361 bits per heavy atom. The molecule has 0 aromatic carbocycles. The summed E-state index contributed by atoms with van der Waals surface area (Å²) in [6.45, 7) is 7.96. The normalized spacial score (nSPS) is 12.9. The van der Waals surface area contributed by atoms with Crippen LogP contribution in [0.15, 0.2) is 24.3 Å². The molecular formula is C56H107NO4. The molecule has 360 valence electrons. The molecule has 0 rings (SSSR count). The monoisotopic (exact) mass is 858 g/mol. The maximum absolute atomic E-state index is 13.3. The maximum Gasteiger partial charge on any atom is 0.306 e. The summed E-state index contributed by atoms with van der Waals surface area (Å²) in [4.78, 5) is 28.9. The van der Waals surface area contributed by atoms with E-state index >= 15 is 0 Å². The van der Waals surface area contributed by atoms with Crippen molar-refractivity contribution in [2.75, 3.05) is 20.6 Å². The van der Waals surface area contributed by atoms with Gasteiger partial charge in [-0.3, -0.25) is 9.59 Å². The van der Waals surface area contributed by atoms with Gasteiger partial charge in [-0.1, -0.05) is 206 Å². The molecule has 0 spiro atoms. The topological polar surface area (TPSA) is 55.8 Å². The van der Waals surface area contributed by atoms with Crippen LogP contribution in [0.2, 0.25) is 0 Å². The summed E-state index contributed by atoms with van der Waals surface area (Å²) < 4.78 is 12.6. The number of rotatable bonds is 49. The van der Waals surface area contributed by atoms with Crippen molar-refractivity contribution in [3.05, 3.63) is 24.3 Å². The predicted molar refractivity (Wildman–Crippen MR) is 268 cm³/mol. The number of allylic oxidation sites excluding steroid dienone is 4. The number of hydrogen-bond donors (Lipinski definition) is 0. The van der Waals surface area contributed by atoms with E-state index in [0.29, 0.717) is 12.8 Å². The SMILES string of the molecule is CCCCCCCC/C=C\CCCCCCCC(=O)OC(CCCCCCCC)C(CCCCCCCCN(C)C)OC(=O)CCCCCCC/C=C\CCCCCCCC. The van der Waals surface area contributed by atoms with Crippen LogP contribution in [-0.4, -0.2) is 49.7 Å². The van der Waals surface area contributed by atoms with Crippen LogP contribution in [0.25, 0.3) is 0 Å². The first-order valence-corrected chi connectivity index (χ1v) is 27.3. The van der Waals surface area contributed by atoms with E-state index in [1.165, 1.54) is 193 Å². The Labute approximate surface area is 382 Å². The number of unbranched alkanes of at least 4 members (excludes halogenated alkanes) is 32. The number of esters is 2. The smallest absolute Gasteiger partial charge is 0.306 e. The molecule has 61 heavy (non-hydrogen) atoms. The molecule has 2 atom stereocenters. The van der Waals surface area contributed by atoms with Crippen molar-refractivity contribution in [2.45, 2.75) is 303 Å². The average molecular weight is 858 g/mol. The largest absolute Gasteiger partial charge is 0.458 e. The highest BCUT2D eigenvalue weighted by atomic mass is 16.6. The lowest BCUT2D eigenvalue weighted by atomic mass is 9.98. The number of nitrogens with zero attached hydrogens (tertiary/aromatic N) is 1. The molecule has 0 bridgehead atoms. The maximum atomic E-state index is 13.3. The molecule has 0 aliphatic carbocycles. The number of carbonyl (C=O) groups excluding carboxylic acids is 2. The highest BCUT2D eigenvalue weighted by molar-refractivity contribution is 5.70. The minimum absolute atomic E-state index is 0.104. The van der Waals surface area contributed by atoms with Crippen LogP contribution in [0.4, 0.5) is 0 Å². The van der Waals surface area contributed by atoms with Crippen molar-refractivity contribution >= 4 is 11.9 Å². The third-order valence-corrected chi connectivity index (χ3v) is 12.5. The molecule has 0 saturated heterocycles. The van der Waals surface area contributed by atoms with E-state index in [1.807, 2.05) is 0 Å². The summed E-state index contributed by atoms with van der Waals surface area (Å²) in [5.74, 6) is -0.208. The van der Waals surface area contributed by atoms with Crippen LogP contribution in [0, 0.1) is 0 Å². The van der Waals surface area contributed by atoms with Gasteiger partial charge in [0, 0.05) is 12.8 Å². The van der Waals surface area contributed by atoms with Crippen molar-refractivity contribution < 1.29 is 19.1 Å². The Morgan fingerprint density at radius 2 is 0.623 bits per heavy atom. The van der Waals surface area contributed by atoms with Crippen molar-refractivity contribution in [3.8, 4) is 0 Å². The Kier molecular flexibility index (Phi) is 48.1. The van der Waals surface area contributed by atoms with Gasteiger partial charge in [-0.25, -0.2) is 0 Å². The fraction of sp³-hybridized carbons (Fsp3) is 0.893. The minimum Gasteiger partial charge on any atom is -0.458 e. The molecule has 0 saturated carbocycles. The molecule has 0 N–H and O–H groups in total. The molecular weight excluding hydrogens is 751 g/mol. The van der Waals surface area contributed by atoms with Gasteiger partial charge in [0.25, 0.3) is 0 Å². The van der Waals surface area contributed by atoms with Gasteiger partial charge in [0.05, 0.1) is 0 Å². The van der Waals surface area contributed by atoms with Crippen molar-refractivity contribution in [2.24, 2.45) is 0 Å². The minimum atomic E-state index is -0.335. The Morgan fingerprint density at radius 3 is 0.934 bits per heavy atom. The van der Waals surface area contributed by atoms with E-state index in [1.54, 1.807) is 0 Å². The second-order valence-corrected chi connectivity index (χ2v) is 19.0. The van der Waals surface area contributed by atoms with Gasteiger partial charge in [0.15, 0.2) is 0 Å². The number of carbonyl (C=O) groups is 2. The molecule has 0 aromatic rings. The van der Waals surface area contributed by atoms with E-state index in [2.05, 4.69) is 64.1 Å². The molecule has 5 heteroatoms. The van der Waals surface area contributed by atoms with Crippen LogP contribution in [-0.2, 0) is 19.1 Å². The zero-order valence-electron chi connectivity index (χ0n) is 41.9. The quantitative estimate of drug-likeness (QED) is 0.0347. The highest BCUT2D eigenvalue weighted by Crippen LogP contribution is 2.23. The number of hydrogen-bond acceptors (Lipinski definition) is 5. The molecule has 0 aliphatic heterocycles. The van der Waals surface area contributed by atoms with Crippen molar-refractivity contribution in [3.63, 3.8) is 0 Å². The summed E-state index contributed by atoms with van der Waals surface area (Å²) in [7, 11) is 4.29. The zero-order chi connectivity index (χ0) is 44.5. The Hall–Kier alpha value is -1.62. The standard InChI is InChI=1S/C56H107NO4/c1-6-9-12-15-18-20-22-24-26-28-30-32-34-40-45-50-55(58)60-53(48-43-38-17-14-11-8-3)54(49-44-39-36-37-42-47-52-57(4)5)61-56(59)51-46-41-35-33-31-29-27-25-23-21-19-16-13-10-7-2/h24-27,53-54H,6-23,28-52H2,1-5H3/b26-24-,27-25-. The van der Waals surface area contributed by atoms with E-state index < -0.39 is 0 Å². The molecule has 0 heterocycles. The van der Waals surface area contributed by atoms with E-state index in [0.717, 1.165) is 70.8 Å². The first-order valence-electron chi connectivity index (χ1n) is 27.3. The average Bonchev–Trinajstić information content (AvgIpc) is 3.24. The van der Waals surface area contributed by atoms with Crippen LogP contribution >= 0.6 is 0 Å². The second kappa shape index (κ2) is 49.4. The van der Waals surface area contributed by atoms with Crippen LogP contribution in [0.3, 0.4) is 0 Å². The lowest BCUT2D eigenvalue weighted by Crippen LogP contribution is -2.35. The summed E-state index contributed by atoms with van der Waals surface area (Å²) in [6, 6.07) is 0. The van der Waals surface area contributed by atoms with Gasteiger partial charge < -0.3 is 14.4 Å². The lowest BCUT2D eigenvalue weighted by Gasteiger charge is -2.27. The third kappa shape index (κ3) is 46.2. The van der Waals surface area contributed by atoms with Gasteiger partial charge in [-0.2, -0.15) is 0 Å². The fourth-order valence-electron chi connectivity index (χ4n) is 8.38. The van der Waals surface area contributed by atoms with Crippen LogP contribution in [0.1, 0.15) is 290 Å². The van der Waals surface area contributed by atoms with Crippen LogP contribution in [0.5, 0.6) is 0 Å². The summed E-state index contributed by atoms with van der Waals surface area (Å²) in [6.07, 6.45) is 57.9. The third-order valence-electron chi connectivity index (χ3n) is 12.5. The molecule has 0 fully saturated rings. The van der Waals surface area contributed by atoms with Gasteiger partial charge in [0.2, 0.25) is 0 Å². The number of ether oxygens (including phenoxy) is 2. The first-order chi connectivity index (χ1) is 29.9. The lowest BCUT2D eigenvalue weighted by molar-refractivity contribution is -0.169. The summed E-state index contributed by atoms with van der Waals surface area (Å²) in [5, 5.41) is 0. The predicted octanol–water partition coefficient (Wildman–Crippen LogP) is 17.9. The molecule has 5 nitrogen and oxygen atoms in total. The summed E-state index contributed by atoms with van der Waals surface area (Å²) in [5.41, 5.74) is 0. The van der Waals surface area contributed by atoms with Gasteiger partial charge in [-0.05, 0) is 117 Å². The van der Waals surface area contributed by atoms with Gasteiger partial charge in [0.1, 0.15) is 12.2 Å². The van der Waals surface area contributed by atoms with E-state index in [-0.39, 0.29) is 24.1 Å². The van der Waals surface area contributed by atoms with Gasteiger partial charge in [-0.15, -0.1) is 0 Å². The van der Waals surface area contributed by atoms with Gasteiger partial charge >= 0.3 is 11.9 Å². The zero-order valence-corrected chi connectivity index (χ0v) is 41.9. The van der Waals surface area contributed by atoms with E-state index in [4.69, 9.17) is 9.47 Å². The van der Waals surface area contributed by atoms with Crippen molar-refractivity contribution in [1.82, 2.24) is 4.90 Å². The summed E-state index contributed by atoms with van der Waals surface area (Å²) >= 11 is 0. The first kappa shape index (κ1) is 59.4. The fourth-order valence-corrected chi connectivity index (χ4v) is 8.38. The molecule has 0 radical (unpaired) electrons. The Balaban J connectivity index is 4.91. The highest BCUT2D eigenvalue weighted by Gasteiger charge is 2.28. The molecule has 0 aromatic heterocycles. The van der Waals surface area contributed by atoms with Crippen molar-refractivity contribution in [1.29, 1.82) is 0 Å². The van der Waals surface area contributed by atoms with Crippen LogP contribution < -0.4 is 0 Å². The second-order valence-electron chi connectivity index (χ2n) is 19.0. The molecule has 2 unspecified atom stereocenters. The molecule has 0 amide bonds. The molecule has 0 aliphatic rings. The van der Waals surface area contributed by atoms with E-state index in [9.17, 15) is 9.59 Å².